The fraction of sp³-hybridized carbons (Fsp3) is 0.267. The Morgan fingerprint density at radius 3 is 2.57 bits per heavy atom. The molecule has 0 saturated heterocycles. The van der Waals surface area contributed by atoms with E-state index >= 15 is 0 Å². The number of pyridine rings is 1. The van der Waals surface area contributed by atoms with Crippen LogP contribution in [0.1, 0.15) is 30.7 Å². The number of aliphatic hydroxyl groups excluding tert-OH is 1. The number of benzene rings is 1. The number of ether oxygens (including phenoxy) is 1. The van der Waals surface area contributed by atoms with Crippen molar-refractivity contribution in [2.45, 2.75) is 26.4 Å². The fourth-order valence-electron chi connectivity index (χ4n) is 1.89. The number of hydrogen-bond donors (Lipinski definition) is 1. The molecule has 0 spiro atoms. The summed E-state index contributed by atoms with van der Waals surface area (Å²) in [6, 6.07) is 7.96. The molecule has 0 bridgehead atoms. The Kier molecular flexibility index (Phi) is 4.49. The molecular formula is C15H16N2O4. The van der Waals surface area contributed by atoms with Crippen molar-refractivity contribution >= 4 is 5.69 Å². The zero-order valence-corrected chi connectivity index (χ0v) is 11.8. The first-order valence-electron chi connectivity index (χ1n) is 6.58. The minimum absolute atomic E-state index is 0.0573. The molecule has 2 aromatic rings. The van der Waals surface area contributed by atoms with E-state index in [0.717, 1.165) is 0 Å². The largest absolute Gasteiger partial charge is 0.456 e. The Morgan fingerprint density at radius 2 is 2.05 bits per heavy atom. The molecule has 110 valence electrons. The van der Waals surface area contributed by atoms with Gasteiger partial charge in [-0.2, -0.15) is 0 Å². The summed E-state index contributed by atoms with van der Waals surface area (Å²) in [6.07, 6.45) is 1.53. The predicted molar refractivity (Wildman–Crippen MR) is 77.4 cm³/mol. The zero-order chi connectivity index (χ0) is 15.4. The molecule has 2 rings (SSSR count). The SMILES string of the molecule is CCC(O)c1ccc(Oc2ccc([N+](=O)[O-])c(C)c2)cn1. The van der Waals surface area contributed by atoms with Gasteiger partial charge in [0.2, 0.25) is 0 Å². The second kappa shape index (κ2) is 6.32. The first-order valence-corrected chi connectivity index (χ1v) is 6.58. The Morgan fingerprint density at radius 1 is 1.33 bits per heavy atom. The number of aromatic nitrogens is 1. The van der Waals surface area contributed by atoms with Gasteiger partial charge in [0, 0.05) is 11.6 Å². The summed E-state index contributed by atoms with van der Waals surface area (Å²) in [7, 11) is 0. The van der Waals surface area contributed by atoms with Crippen LogP contribution in [0.3, 0.4) is 0 Å². The smallest absolute Gasteiger partial charge is 0.272 e. The number of nitro benzene ring substituents is 1. The maximum atomic E-state index is 10.8. The van der Waals surface area contributed by atoms with Crippen molar-refractivity contribution < 1.29 is 14.8 Å². The molecule has 0 aliphatic carbocycles. The van der Waals surface area contributed by atoms with Crippen molar-refractivity contribution in [3.63, 3.8) is 0 Å². The van der Waals surface area contributed by atoms with Crippen LogP contribution < -0.4 is 4.74 Å². The van der Waals surface area contributed by atoms with Crippen molar-refractivity contribution in [2.24, 2.45) is 0 Å². The highest BCUT2D eigenvalue weighted by Crippen LogP contribution is 2.27. The third-order valence-electron chi connectivity index (χ3n) is 3.09. The van der Waals surface area contributed by atoms with E-state index in [9.17, 15) is 15.2 Å². The average Bonchev–Trinajstić information content (AvgIpc) is 2.47. The van der Waals surface area contributed by atoms with Crippen molar-refractivity contribution in [1.82, 2.24) is 4.98 Å². The van der Waals surface area contributed by atoms with E-state index < -0.39 is 11.0 Å². The van der Waals surface area contributed by atoms with Gasteiger partial charge in [-0.05, 0) is 37.6 Å². The molecule has 0 aliphatic heterocycles. The molecule has 1 N–H and O–H groups in total. The molecule has 0 amide bonds. The number of nitrogens with zero attached hydrogens (tertiary/aromatic N) is 2. The third-order valence-corrected chi connectivity index (χ3v) is 3.09. The molecule has 1 aromatic heterocycles. The molecule has 6 heteroatoms. The Balaban J connectivity index is 2.15. The van der Waals surface area contributed by atoms with E-state index in [1.165, 1.54) is 12.3 Å². The highest BCUT2D eigenvalue weighted by Gasteiger charge is 2.11. The lowest BCUT2D eigenvalue weighted by atomic mass is 10.2. The molecule has 1 aromatic carbocycles. The summed E-state index contributed by atoms with van der Waals surface area (Å²) >= 11 is 0. The molecule has 0 fully saturated rings. The van der Waals surface area contributed by atoms with Gasteiger partial charge in [0.15, 0.2) is 0 Å². The Hall–Kier alpha value is -2.47. The topological polar surface area (TPSA) is 85.5 Å². The van der Waals surface area contributed by atoms with Gasteiger partial charge in [0.25, 0.3) is 5.69 Å². The first-order chi connectivity index (χ1) is 10.0. The summed E-state index contributed by atoms with van der Waals surface area (Å²) < 4.78 is 5.60. The average molecular weight is 288 g/mol. The van der Waals surface area contributed by atoms with Crippen LogP contribution in [0, 0.1) is 17.0 Å². The van der Waals surface area contributed by atoms with Crippen molar-refractivity contribution in [3.8, 4) is 11.5 Å². The van der Waals surface area contributed by atoms with Gasteiger partial charge in [0.1, 0.15) is 11.5 Å². The van der Waals surface area contributed by atoms with Crippen LogP contribution in [0.5, 0.6) is 11.5 Å². The van der Waals surface area contributed by atoms with Gasteiger partial charge in [-0.15, -0.1) is 0 Å². The van der Waals surface area contributed by atoms with Gasteiger partial charge < -0.3 is 9.84 Å². The number of nitro groups is 1. The third kappa shape index (κ3) is 3.55. The van der Waals surface area contributed by atoms with Crippen LogP contribution in [-0.2, 0) is 0 Å². The van der Waals surface area contributed by atoms with Crippen LogP contribution in [0.4, 0.5) is 5.69 Å². The monoisotopic (exact) mass is 288 g/mol. The zero-order valence-electron chi connectivity index (χ0n) is 11.8. The lowest BCUT2D eigenvalue weighted by Gasteiger charge is -2.09. The molecular weight excluding hydrogens is 272 g/mol. The molecule has 0 saturated carbocycles. The number of aryl methyl sites for hydroxylation is 1. The van der Waals surface area contributed by atoms with Crippen LogP contribution >= 0.6 is 0 Å². The first kappa shape index (κ1) is 14.9. The summed E-state index contributed by atoms with van der Waals surface area (Å²) in [4.78, 5) is 14.5. The second-order valence-corrected chi connectivity index (χ2v) is 4.65. The second-order valence-electron chi connectivity index (χ2n) is 4.65. The molecule has 1 atom stereocenters. The van der Waals surface area contributed by atoms with Gasteiger partial charge in [-0.1, -0.05) is 6.92 Å². The fourth-order valence-corrected chi connectivity index (χ4v) is 1.89. The Bertz CT molecular complexity index is 641. The summed E-state index contributed by atoms with van der Waals surface area (Å²) in [5.74, 6) is 1.01. The van der Waals surface area contributed by atoms with Crippen molar-refractivity contribution in [2.75, 3.05) is 0 Å². The highest BCUT2D eigenvalue weighted by atomic mass is 16.6. The van der Waals surface area contributed by atoms with Crippen LogP contribution in [0.2, 0.25) is 0 Å². The minimum Gasteiger partial charge on any atom is -0.456 e. The van der Waals surface area contributed by atoms with Gasteiger partial charge in [-0.25, -0.2) is 0 Å². The standard InChI is InChI=1S/C15H16N2O4/c1-3-15(18)13-6-4-12(9-16-13)21-11-5-7-14(17(19)20)10(2)8-11/h4-9,15,18H,3H2,1-2H3. The molecule has 1 unspecified atom stereocenters. The summed E-state index contributed by atoms with van der Waals surface area (Å²) in [5.41, 5.74) is 1.18. The number of aliphatic hydroxyl groups is 1. The lowest BCUT2D eigenvalue weighted by molar-refractivity contribution is -0.385. The normalized spacial score (nSPS) is 12.0. The summed E-state index contributed by atoms with van der Waals surface area (Å²) in [6.45, 7) is 3.53. The maximum absolute atomic E-state index is 10.8. The molecule has 1 heterocycles. The van der Waals surface area contributed by atoms with Gasteiger partial charge in [-0.3, -0.25) is 15.1 Å². The van der Waals surface area contributed by atoms with E-state index in [4.69, 9.17) is 4.74 Å². The van der Waals surface area contributed by atoms with Crippen molar-refractivity contribution in [3.05, 3.63) is 57.9 Å². The van der Waals surface area contributed by atoms with Gasteiger partial charge in [0.05, 0.1) is 22.9 Å². The number of hydrogen-bond acceptors (Lipinski definition) is 5. The van der Waals surface area contributed by atoms with Crippen LogP contribution in [0.15, 0.2) is 36.5 Å². The van der Waals surface area contributed by atoms with E-state index in [2.05, 4.69) is 4.98 Å². The molecule has 6 nitrogen and oxygen atoms in total. The molecule has 21 heavy (non-hydrogen) atoms. The highest BCUT2D eigenvalue weighted by molar-refractivity contribution is 5.45. The summed E-state index contributed by atoms with van der Waals surface area (Å²) in [5, 5.41) is 20.4. The lowest BCUT2D eigenvalue weighted by Crippen LogP contribution is -1.98. The Labute approximate surface area is 122 Å². The van der Waals surface area contributed by atoms with Crippen molar-refractivity contribution in [1.29, 1.82) is 0 Å². The number of rotatable bonds is 5. The minimum atomic E-state index is -0.583. The van der Waals surface area contributed by atoms with Crippen LogP contribution in [-0.4, -0.2) is 15.0 Å². The van der Waals surface area contributed by atoms with Gasteiger partial charge >= 0.3 is 0 Å². The van der Waals surface area contributed by atoms with Crippen LogP contribution in [0.25, 0.3) is 0 Å². The van der Waals surface area contributed by atoms with E-state index in [-0.39, 0.29) is 5.69 Å². The van der Waals surface area contributed by atoms with E-state index in [1.54, 1.807) is 31.2 Å². The van der Waals surface area contributed by atoms with E-state index in [0.29, 0.717) is 29.2 Å². The quantitative estimate of drug-likeness (QED) is 0.672. The molecule has 0 aliphatic rings. The van der Waals surface area contributed by atoms with E-state index in [1.807, 2.05) is 6.92 Å². The molecule has 0 radical (unpaired) electrons. The predicted octanol–water partition coefficient (Wildman–Crippen LogP) is 3.53. The maximum Gasteiger partial charge on any atom is 0.272 e.